The third-order valence-electron chi connectivity index (χ3n) is 4.05. The lowest BCUT2D eigenvalue weighted by Gasteiger charge is -2.31. The zero-order chi connectivity index (χ0) is 15.2. The van der Waals surface area contributed by atoms with Crippen LogP contribution in [0.4, 0.5) is 0 Å². The molecule has 2 heterocycles. The van der Waals surface area contributed by atoms with E-state index in [4.69, 9.17) is 4.74 Å². The van der Waals surface area contributed by atoms with Crippen molar-refractivity contribution in [3.8, 4) is 6.01 Å². The molecular weight excluding hydrogens is 342 g/mol. The molecule has 0 bridgehead atoms. The maximum atomic E-state index is 5.67. The van der Waals surface area contributed by atoms with E-state index in [1.54, 1.807) is 18.5 Å². The molecule has 0 N–H and O–H groups in total. The van der Waals surface area contributed by atoms with Crippen molar-refractivity contribution in [1.29, 1.82) is 0 Å². The molecule has 0 unspecified atom stereocenters. The molecule has 1 aromatic carbocycles. The Labute approximate surface area is 139 Å². The van der Waals surface area contributed by atoms with E-state index < -0.39 is 0 Å². The maximum absolute atomic E-state index is 5.67. The molecule has 22 heavy (non-hydrogen) atoms. The summed E-state index contributed by atoms with van der Waals surface area (Å²) in [6.45, 7) is 3.96. The van der Waals surface area contributed by atoms with Crippen LogP contribution in [0.2, 0.25) is 0 Å². The van der Waals surface area contributed by atoms with Gasteiger partial charge in [0.1, 0.15) is 0 Å². The number of aromatic nitrogens is 2. The van der Waals surface area contributed by atoms with Gasteiger partial charge in [0.15, 0.2) is 0 Å². The summed E-state index contributed by atoms with van der Waals surface area (Å²) in [7, 11) is 0. The molecule has 4 nitrogen and oxygen atoms in total. The Bertz CT molecular complexity index is 585. The number of hydrogen-bond acceptors (Lipinski definition) is 4. The predicted octanol–water partition coefficient (Wildman–Crippen LogP) is 3.53. The van der Waals surface area contributed by atoms with Crippen molar-refractivity contribution in [3.05, 3.63) is 52.8 Å². The number of halogens is 1. The summed E-state index contributed by atoms with van der Waals surface area (Å²) in [6.07, 6.45) is 5.75. The molecule has 3 rings (SSSR count). The second-order valence-electron chi connectivity index (χ2n) is 5.65. The minimum absolute atomic E-state index is 0.484. The fourth-order valence-electron chi connectivity index (χ4n) is 2.73. The van der Waals surface area contributed by atoms with Crippen LogP contribution < -0.4 is 4.74 Å². The minimum Gasteiger partial charge on any atom is -0.463 e. The fourth-order valence-corrected chi connectivity index (χ4v) is 3.14. The molecule has 1 aliphatic rings. The van der Waals surface area contributed by atoms with E-state index in [0.29, 0.717) is 18.5 Å². The molecule has 0 radical (unpaired) electrons. The number of piperidine rings is 1. The molecule has 1 aliphatic heterocycles. The third-order valence-corrected chi connectivity index (χ3v) is 4.82. The van der Waals surface area contributed by atoms with Crippen molar-refractivity contribution in [2.24, 2.45) is 5.92 Å². The number of hydrogen-bond donors (Lipinski definition) is 0. The lowest BCUT2D eigenvalue weighted by molar-refractivity contribution is 0.132. The number of benzene rings is 1. The van der Waals surface area contributed by atoms with E-state index in [-0.39, 0.29) is 0 Å². The number of ether oxygens (including phenoxy) is 1. The molecular formula is C17H20BrN3O. The molecule has 0 saturated carbocycles. The highest BCUT2D eigenvalue weighted by molar-refractivity contribution is 9.10. The Hall–Kier alpha value is -1.46. The molecule has 2 aromatic rings. The van der Waals surface area contributed by atoms with Gasteiger partial charge >= 0.3 is 6.01 Å². The van der Waals surface area contributed by atoms with E-state index in [1.807, 2.05) is 0 Å². The third kappa shape index (κ3) is 4.27. The first kappa shape index (κ1) is 15.4. The van der Waals surface area contributed by atoms with Crippen LogP contribution in [0.5, 0.6) is 6.01 Å². The molecule has 116 valence electrons. The lowest BCUT2D eigenvalue weighted by atomic mass is 9.97. The van der Waals surface area contributed by atoms with Crippen molar-refractivity contribution in [1.82, 2.24) is 14.9 Å². The minimum atomic E-state index is 0.484. The van der Waals surface area contributed by atoms with Gasteiger partial charge in [0, 0.05) is 23.4 Å². The van der Waals surface area contributed by atoms with Gasteiger partial charge < -0.3 is 4.74 Å². The van der Waals surface area contributed by atoms with Gasteiger partial charge in [-0.1, -0.05) is 34.1 Å². The first-order chi connectivity index (χ1) is 10.8. The topological polar surface area (TPSA) is 38.2 Å². The van der Waals surface area contributed by atoms with Crippen LogP contribution in [-0.4, -0.2) is 34.6 Å². The van der Waals surface area contributed by atoms with Crippen LogP contribution in [0.25, 0.3) is 0 Å². The molecule has 0 amide bonds. The first-order valence-electron chi connectivity index (χ1n) is 7.67. The van der Waals surface area contributed by atoms with Gasteiger partial charge in [-0.2, -0.15) is 0 Å². The second-order valence-corrected chi connectivity index (χ2v) is 6.51. The van der Waals surface area contributed by atoms with Gasteiger partial charge in [-0.05, 0) is 49.5 Å². The Kier molecular flexibility index (Phi) is 5.40. The Balaban J connectivity index is 1.44. The Morgan fingerprint density at radius 2 is 1.82 bits per heavy atom. The lowest BCUT2D eigenvalue weighted by Crippen LogP contribution is -2.35. The summed E-state index contributed by atoms with van der Waals surface area (Å²) in [5.74, 6) is 0.597. The monoisotopic (exact) mass is 361 g/mol. The van der Waals surface area contributed by atoms with Crippen LogP contribution in [0, 0.1) is 5.92 Å². The van der Waals surface area contributed by atoms with Crippen molar-refractivity contribution in [2.45, 2.75) is 19.4 Å². The summed E-state index contributed by atoms with van der Waals surface area (Å²) >= 11 is 3.63. The van der Waals surface area contributed by atoms with E-state index >= 15 is 0 Å². The molecule has 1 fully saturated rings. The van der Waals surface area contributed by atoms with Gasteiger partial charge in [0.2, 0.25) is 0 Å². The average Bonchev–Trinajstić information content (AvgIpc) is 2.57. The summed E-state index contributed by atoms with van der Waals surface area (Å²) in [5.41, 5.74) is 1.36. The van der Waals surface area contributed by atoms with Crippen LogP contribution in [0.3, 0.4) is 0 Å². The van der Waals surface area contributed by atoms with Crippen LogP contribution in [-0.2, 0) is 6.54 Å². The van der Waals surface area contributed by atoms with E-state index in [1.165, 1.54) is 10.0 Å². The Morgan fingerprint density at radius 1 is 1.09 bits per heavy atom. The summed E-state index contributed by atoms with van der Waals surface area (Å²) in [5, 5.41) is 0. The summed E-state index contributed by atoms with van der Waals surface area (Å²) in [4.78, 5) is 10.7. The summed E-state index contributed by atoms with van der Waals surface area (Å²) in [6, 6.07) is 10.7. The fraction of sp³-hybridized carbons (Fsp3) is 0.412. The van der Waals surface area contributed by atoms with Crippen molar-refractivity contribution in [3.63, 3.8) is 0 Å². The first-order valence-corrected chi connectivity index (χ1v) is 8.46. The number of rotatable bonds is 5. The maximum Gasteiger partial charge on any atom is 0.316 e. The zero-order valence-electron chi connectivity index (χ0n) is 12.5. The van der Waals surface area contributed by atoms with Gasteiger partial charge in [-0.25, -0.2) is 9.97 Å². The van der Waals surface area contributed by atoms with Gasteiger partial charge in [-0.3, -0.25) is 4.90 Å². The molecule has 5 heteroatoms. The van der Waals surface area contributed by atoms with Crippen LogP contribution in [0.1, 0.15) is 18.4 Å². The van der Waals surface area contributed by atoms with E-state index in [9.17, 15) is 0 Å². The Morgan fingerprint density at radius 3 is 2.55 bits per heavy atom. The highest BCUT2D eigenvalue weighted by atomic mass is 79.9. The van der Waals surface area contributed by atoms with Crippen molar-refractivity contribution >= 4 is 15.9 Å². The van der Waals surface area contributed by atoms with E-state index in [0.717, 1.165) is 32.5 Å². The van der Waals surface area contributed by atoms with Crippen LogP contribution >= 0.6 is 15.9 Å². The van der Waals surface area contributed by atoms with Gasteiger partial charge in [-0.15, -0.1) is 0 Å². The van der Waals surface area contributed by atoms with Crippen molar-refractivity contribution < 1.29 is 4.74 Å². The normalized spacial score (nSPS) is 16.6. The molecule has 0 aliphatic carbocycles. The number of nitrogens with zero attached hydrogens (tertiary/aromatic N) is 3. The zero-order valence-corrected chi connectivity index (χ0v) is 14.1. The highest BCUT2D eigenvalue weighted by Crippen LogP contribution is 2.22. The molecule has 1 aromatic heterocycles. The molecule has 0 spiro atoms. The SMILES string of the molecule is Brc1ccccc1CN1CCC(COc2ncccn2)CC1. The summed E-state index contributed by atoms with van der Waals surface area (Å²) < 4.78 is 6.87. The smallest absolute Gasteiger partial charge is 0.316 e. The highest BCUT2D eigenvalue weighted by Gasteiger charge is 2.20. The second kappa shape index (κ2) is 7.70. The van der Waals surface area contributed by atoms with Gasteiger partial charge in [0.05, 0.1) is 6.61 Å². The average molecular weight is 362 g/mol. The largest absolute Gasteiger partial charge is 0.463 e. The van der Waals surface area contributed by atoms with Gasteiger partial charge in [0.25, 0.3) is 0 Å². The van der Waals surface area contributed by atoms with E-state index in [2.05, 4.69) is 55.1 Å². The quantitative estimate of drug-likeness (QED) is 0.816. The van der Waals surface area contributed by atoms with Crippen LogP contribution in [0.15, 0.2) is 47.2 Å². The van der Waals surface area contributed by atoms with Crippen molar-refractivity contribution in [2.75, 3.05) is 19.7 Å². The predicted molar refractivity (Wildman–Crippen MR) is 89.7 cm³/mol. The molecule has 1 saturated heterocycles. The standard InChI is InChI=1S/C17H20BrN3O/c18-16-5-2-1-4-15(16)12-21-10-6-14(7-11-21)13-22-17-19-8-3-9-20-17/h1-5,8-9,14H,6-7,10-13H2. The number of likely N-dealkylation sites (tertiary alicyclic amines) is 1. The molecule has 0 atom stereocenters.